The lowest BCUT2D eigenvalue weighted by Gasteiger charge is -2.30. The summed E-state index contributed by atoms with van der Waals surface area (Å²) in [5, 5.41) is 1.82. The van der Waals surface area contributed by atoms with E-state index in [0.29, 0.717) is 5.15 Å². The molecule has 0 spiro atoms. The minimum atomic E-state index is 0.596. The molecule has 2 nitrogen and oxygen atoms in total. The smallest absolute Gasteiger partial charge is 0.130 e. The zero-order valence-corrected chi connectivity index (χ0v) is 12.0. The quantitative estimate of drug-likeness (QED) is 0.766. The second-order valence-corrected chi connectivity index (χ2v) is 5.97. The van der Waals surface area contributed by atoms with Crippen molar-refractivity contribution in [1.82, 2.24) is 9.88 Å². The SMILES string of the molecule is CC1CCN(Cc2cc(Cl)nc3ccccc23)CC1. The summed E-state index contributed by atoms with van der Waals surface area (Å²) >= 11 is 6.14. The zero-order chi connectivity index (χ0) is 13.2. The lowest BCUT2D eigenvalue weighted by molar-refractivity contribution is 0.186. The average molecular weight is 275 g/mol. The fourth-order valence-electron chi connectivity index (χ4n) is 2.80. The molecule has 0 unspecified atom stereocenters. The van der Waals surface area contributed by atoms with E-state index in [4.69, 9.17) is 11.6 Å². The molecule has 0 amide bonds. The van der Waals surface area contributed by atoms with Crippen LogP contribution in [0.4, 0.5) is 0 Å². The summed E-state index contributed by atoms with van der Waals surface area (Å²) in [6.07, 6.45) is 2.60. The molecule has 1 aromatic heterocycles. The molecule has 0 bridgehead atoms. The standard InChI is InChI=1S/C16H19ClN2/c1-12-6-8-19(9-7-12)11-13-10-16(17)18-15-5-3-2-4-14(13)15/h2-5,10,12H,6-9,11H2,1H3. The molecule has 1 fully saturated rings. The van der Waals surface area contributed by atoms with E-state index < -0.39 is 0 Å². The predicted molar refractivity (Wildman–Crippen MR) is 80.4 cm³/mol. The van der Waals surface area contributed by atoms with Gasteiger partial charge in [0.1, 0.15) is 5.15 Å². The third-order valence-corrected chi connectivity index (χ3v) is 4.23. The number of para-hydroxylation sites is 1. The summed E-state index contributed by atoms with van der Waals surface area (Å²) in [7, 11) is 0. The first kappa shape index (κ1) is 12.9. The second kappa shape index (κ2) is 5.48. The molecular weight excluding hydrogens is 256 g/mol. The highest BCUT2D eigenvalue weighted by Gasteiger charge is 2.16. The minimum absolute atomic E-state index is 0.596. The summed E-state index contributed by atoms with van der Waals surface area (Å²) in [5.41, 5.74) is 2.29. The van der Waals surface area contributed by atoms with Gasteiger partial charge < -0.3 is 0 Å². The molecule has 0 atom stereocenters. The van der Waals surface area contributed by atoms with Gasteiger partial charge in [-0.15, -0.1) is 0 Å². The van der Waals surface area contributed by atoms with Gasteiger partial charge in [0.25, 0.3) is 0 Å². The van der Waals surface area contributed by atoms with Crippen LogP contribution in [0.1, 0.15) is 25.3 Å². The van der Waals surface area contributed by atoms with Crippen molar-refractivity contribution in [1.29, 1.82) is 0 Å². The number of benzene rings is 1. The monoisotopic (exact) mass is 274 g/mol. The van der Waals surface area contributed by atoms with Gasteiger partial charge >= 0.3 is 0 Å². The molecule has 1 aliphatic rings. The average Bonchev–Trinajstić information content (AvgIpc) is 2.41. The van der Waals surface area contributed by atoms with E-state index in [1.54, 1.807) is 0 Å². The molecule has 100 valence electrons. The van der Waals surface area contributed by atoms with Gasteiger partial charge in [-0.1, -0.05) is 36.7 Å². The number of hydrogen-bond donors (Lipinski definition) is 0. The van der Waals surface area contributed by atoms with E-state index in [1.807, 2.05) is 18.2 Å². The van der Waals surface area contributed by atoms with Gasteiger partial charge in [-0.2, -0.15) is 0 Å². The van der Waals surface area contributed by atoms with Crippen LogP contribution in [0.5, 0.6) is 0 Å². The molecule has 2 aromatic rings. The van der Waals surface area contributed by atoms with Crippen LogP contribution < -0.4 is 0 Å². The number of nitrogens with zero attached hydrogens (tertiary/aromatic N) is 2. The van der Waals surface area contributed by atoms with Gasteiger partial charge in [-0.3, -0.25) is 4.90 Å². The maximum Gasteiger partial charge on any atom is 0.130 e. The number of rotatable bonds is 2. The Balaban J connectivity index is 1.88. The number of piperidine rings is 1. The van der Waals surface area contributed by atoms with Gasteiger partial charge in [0.15, 0.2) is 0 Å². The van der Waals surface area contributed by atoms with Crippen molar-refractivity contribution in [3.8, 4) is 0 Å². The van der Waals surface area contributed by atoms with Crippen molar-refractivity contribution in [2.75, 3.05) is 13.1 Å². The summed E-state index contributed by atoms with van der Waals surface area (Å²) < 4.78 is 0. The van der Waals surface area contributed by atoms with E-state index >= 15 is 0 Å². The Bertz CT molecular complexity index is 574. The molecule has 19 heavy (non-hydrogen) atoms. The van der Waals surface area contributed by atoms with Crippen LogP contribution in [0.25, 0.3) is 10.9 Å². The number of fused-ring (bicyclic) bond motifs is 1. The van der Waals surface area contributed by atoms with Gasteiger partial charge in [0, 0.05) is 11.9 Å². The van der Waals surface area contributed by atoms with E-state index in [2.05, 4.69) is 28.9 Å². The zero-order valence-electron chi connectivity index (χ0n) is 11.3. The fourth-order valence-corrected chi connectivity index (χ4v) is 3.03. The first-order chi connectivity index (χ1) is 9.22. The molecule has 0 saturated carbocycles. The maximum atomic E-state index is 6.14. The van der Waals surface area contributed by atoms with E-state index in [1.165, 1.54) is 36.9 Å². The van der Waals surface area contributed by atoms with Crippen molar-refractivity contribution < 1.29 is 0 Å². The van der Waals surface area contributed by atoms with Crippen LogP contribution in [0.2, 0.25) is 5.15 Å². The van der Waals surface area contributed by atoms with Crippen LogP contribution in [0, 0.1) is 5.92 Å². The lowest BCUT2D eigenvalue weighted by atomic mass is 9.98. The van der Waals surface area contributed by atoms with Gasteiger partial charge in [0.2, 0.25) is 0 Å². The summed E-state index contributed by atoms with van der Waals surface area (Å²) in [4.78, 5) is 6.91. The highest BCUT2D eigenvalue weighted by molar-refractivity contribution is 6.29. The molecule has 1 aromatic carbocycles. The Labute approximate surface area is 119 Å². The Morgan fingerprint density at radius 3 is 2.79 bits per heavy atom. The van der Waals surface area contributed by atoms with Crippen LogP contribution >= 0.6 is 11.6 Å². The Hall–Kier alpha value is -1.12. The third-order valence-electron chi connectivity index (χ3n) is 4.04. The molecule has 3 rings (SSSR count). The Morgan fingerprint density at radius 2 is 2.00 bits per heavy atom. The third kappa shape index (κ3) is 2.90. The van der Waals surface area contributed by atoms with Gasteiger partial charge in [-0.05, 0) is 49.5 Å². The molecule has 0 radical (unpaired) electrons. The van der Waals surface area contributed by atoms with Crippen molar-refractivity contribution >= 4 is 22.5 Å². The number of aromatic nitrogens is 1. The predicted octanol–water partition coefficient (Wildman–Crippen LogP) is 4.12. The molecule has 0 N–H and O–H groups in total. The summed E-state index contributed by atoms with van der Waals surface area (Å²) in [6, 6.07) is 10.3. The van der Waals surface area contributed by atoms with Crippen LogP contribution in [-0.4, -0.2) is 23.0 Å². The molecule has 0 aliphatic carbocycles. The van der Waals surface area contributed by atoms with E-state index in [0.717, 1.165) is 18.0 Å². The van der Waals surface area contributed by atoms with Crippen LogP contribution in [0.3, 0.4) is 0 Å². The number of halogens is 1. The largest absolute Gasteiger partial charge is 0.299 e. The Morgan fingerprint density at radius 1 is 1.26 bits per heavy atom. The fraction of sp³-hybridized carbons (Fsp3) is 0.438. The molecule has 1 saturated heterocycles. The first-order valence-corrected chi connectivity index (χ1v) is 7.36. The van der Waals surface area contributed by atoms with E-state index in [-0.39, 0.29) is 0 Å². The van der Waals surface area contributed by atoms with Gasteiger partial charge in [0.05, 0.1) is 5.52 Å². The first-order valence-electron chi connectivity index (χ1n) is 6.99. The Kier molecular flexibility index (Phi) is 3.72. The number of pyridine rings is 1. The highest BCUT2D eigenvalue weighted by atomic mass is 35.5. The maximum absolute atomic E-state index is 6.14. The van der Waals surface area contributed by atoms with Crippen molar-refractivity contribution in [3.63, 3.8) is 0 Å². The number of hydrogen-bond acceptors (Lipinski definition) is 2. The van der Waals surface area contributed by atoms with Crippen LogP contribution in [-0.2, 0) is 6.54 Å². The molecule has 2 heterocycles. The lowest BCUT2D eigenvalue weighted by Crippen LogP contribution is -2.32. The molecule has 3 heteroatoms. The minimum Gasteiger partial charge on any atom is -0.299 e. The van der Waals surface area contributed by atoms with Crippen molar-refractivity contribution in [3.05, 3.63) is 41.0 Å². The number of likely N-dealkylation sites (tertiary alicyclic amines) is 1. The molecule has 1 aliphatic heterocycles. The molecular formula is C16H19ClN2. The highest BCUT2D eigenvalue weighted by Crippen LogP contribution is 2.24. The normalized spacial score (nSPS) is 18.0. The summed E-state index contributed by atoms with van der Waals surface area (Å²) in [5.74, 6) is 0.869. The summed E-state index contributed by atoms with van der Waals surface area (Å²) in [6.45, 7) is 5.70. The van der Waals surface area contributed by atoms with Crippen molar-refractivity contribution in [2.45, 2.75) is 26.3 Å². The second-order valence-electron chi connectivity index (χ2n) is 5.58. The van der Waals surface area contributed by atoms with Crippen LogP contribution in [0.15, 0.2) is 30.3 Å². The topological polar surface area (TPSA) is 16.1 Å². The van der Waals surface area contributed by atoms with Gasteiger partial charge in [-0.25, -0.2) is 4.98 Å². The van der Waals surface area contributed by atoms with E-state index in [9.17, 15) is 0 Å². The van der Waals surface area contributed by atoms with Crippen molar-refractivity contribution in [2.24, 2.45) is 5.92 Å².